The zero-order chi connectivity index (χ0) is 11.9. The monoisotopic (exact) mass is 219 g/mol. The van der Waals surface area contributed by atoms with Gasteiger partial charge in [0.1, 0.15) is 0 Å². The molecule has 16 heavy (non-hydrogen) atoms. The van der Waals surface area contributed by atoms with Gasteiger partial charge in [0, 0.05) is 17.6 Å². The maximum atomic E-state index is 10.8. The van der Waals surface area contributed by atoms with Crippen molar-refractivity contribution in [3.8, 4) is 0 Å². The number of aromatic nitrogens is 3. The van der Waals surface area contributed by atoms with Crippen molar-refractivity contribution in [1.82, 2.24) is 14.4 Å². The second kappa shape index (κ2) is 3.59. The lowest BCUT2D eigenvalue weighted by Crippen LogP contribution is -2.02. The summed E-state index contributed by atoms with van der Waals surface area (Å²) in [6.45, 7) is 5.92. The van der Waals surface area contributed by atoms with Crippen LogP contribution in [0.4, 0.5) is 0 Å². The molecule has 2 heterocycles. The van der Waals surface area contributed by atoms with Gasteiger partial charge in [-0.05, 0) is 25.8 Å². The topological polar surface area (TPSA) is 67.5 Å². The highest BCUT2D eigenvalue weighted by Crippen LogP contribution is 2.15. The van der Waals surface area contributed by atoms with Crippen molar-refractivity contribution >= 4 is 11.7 Å². The Kier molecular flexibility index (Phi) is 2.38. The van der Waals surface area contributed by atoms with E-state index in [9.17, 15) is 4.79 Å². The van der Waals surface area contributed by atoms with E-state index in [1.165, 1.54) is 6.20 Å². The van der Waals surface area contributed by atoms with Gasteiger partial charge in [0.2, 0.25) is 5.78 Å². The van der Waals surface area contributed by atoms with Crippen LogP contribution in [0.15, 0.2) is 6.20 Å². The molecule has 0 bridgehead atoms. The van der Waals surface area contributed by atoms with Crippen molar-refractivity contribution in [2.45, 2.75) is 27.2 Å². The van der Waals surface area contributed by atoms with Crippen molar-refractivity contribution in [2.75, 3.05) is 0 Å². The molecule has 84 valence electrons. The third-order valence-electron chi connectivity index (χ3n) is 2.76. The van der Waals surface area contributed by atoms with Crippen LogP contribution in [0.25, 0.3) is 5.78 Å². The number of rotatable bonds is 2. The van der Waals surface area contributed by atoms with E-state index >= 15 is 0 Å². The minimum absolute atomic E-state index is 0.0308. The van der Waals surface area contributed by atoms with E-state index < -0.39 is 5.97 Å². The molecule has 5 nitrogen and oxygen atoms in total. The Balaban J connectivity index is 2.78. The fourth-order valence-corrected chi connectivity index (χ4v) is 1.94. The van der Waals surface area contributed by atoms with Gasteiger partial charge in [0.15, 0.2) is 5.69 Å². The van der Waals surface area contributed by atoms with Gasteiger partial charge in [0.05, 0.1) is 0 Å². The molecule has 2 aromatic heterocycles. The first-order valence-corrected chi connectivity index (χ1v) is 5.13. The Labute approximate surface area is 92.8 Å². The lowest BCUT2D eigenvalue weighted by atomic mass is 10.1. The van der Waals surface area contributed by atoms with Crippen LogP contribution in [-0.2, 0) is 6.42 Å². The maximum Gasteiger partial charge on any atom is 0.356 e. The van der Waals surface area contributed by atoms with Gasteiger partial charge < -0.3 is 5.11 Å². The SMILES string of the molecule is CCc1c(C)nc2nc(C(=O)O)cn2c1C. The number of hydrogen-bond acceptors (Lipinski definition) is 3. The third kappa shape index (κ3) is 1.44. The van der Waals surface area contributed by atoms with E-state index in [0.29, 0.717) is 5.78 Å². The first-order chi connectivity index (χ1) is 7.54. The van der Waals surface area contributed by atoms with Gasteiger partial charge in [-0.3, -0.25) is 4.40 Å². The number of carboxylic acid groups (broad SMARTS) is 1. The largest absolute Gasteiger partial charge is 0.476 e. The molecule has 5 heteroatoms. The Hall–Kier alpha value is -1.91. The van der Waals surface area contributed by atoms with Gasteiger partial charge in [-0.1, -0.05) is 6.92 Å². The fourth-order valence-electron chi connectivity index (χ4n) is 1.94. The van der Waals surface area contributed by atoms with Crippen LogP contribution in [0.1, 0.15) is 34.4 Å². The highest BCUT2D eigenvalue weighted by atomic mass is 16.4. The second-order valence-electron chi connectivity index (χ2n) is 3.72. The van der Waals surface area contributed by atoms with Crippen molar-refractivity contribution in [3.05, 3.63) is 28.8 Å². The third-order valence-corrected chi connectivity index (χ3v) is 2.76. The van der Waals surface area contributed by atoms with Crippen LogP contribution in [0.3, 0.4) is 0 Å². The summed E-state index contributed by atoms with van der Waals surface area (Å²) in [5, 5.41) is 8.87. The molecule has 0 amide bonds. The number of carboxylic acids is 1. The van der Waals surface area contributed by atoms with Crippen molar-refractivity contribution in [2.24, 2.45) is 0 Å². The molecule has 0 saturated carbocycles. The minimum atomic E-state index is -1.03. The van der Waals surface area contributed by atoms with E-state index in [4.69, 9.17) is 5.11 Å². The summed E-state index contributed by atoms with van der Waals surface area (Å²) in [6, 6.07) is 0. The van der Waals surface area contributed by atoms with E-state index in [0.717, 1.165) is 23.4 Å². The van der Waals surface area contributed by atoms with Crippen LogP contribution in [0.5, 0.6) is 0 Å². The van der Waals surface area contributed by atoms with Gasteiger partial charge in [-0.2, -0.15) is 0 Å². The maximum absolute atomic E-state index is 10.8. The number of hydrogen-bond donors (Lipinski definition) is 1. The first kappa shape index (κ1) is 10.6. The van der Waals surface area contributed by atoms with Crippen LogP contribution in [0.2, 0.25) is 0 Å². The molecule has 0 fully saturated rings. The summed E-state index contributed by atoms with van der Waals surface area (Å²) in [4.78, 5) is 19.1. The summed E-state index contributed by atoms with van der Waals surface area (Å²) in [5.74, 6) is -0.579. The number of aryl methyl sites for hydroxylation is 2. The molecule has 0 atom stereocenters. The predicted octanol–water partition coefficient (Wildman–Crippen LogP) is 1.61. The molecule has 0 aliphatic rings. The van der Waals surface area contributed by atoms with Crippen LogP contribution >= 0.6 is 0 Å². The van der Waals surface area contributed by atoms with Crippen LogP contribution in [-0.4, -0.2) is 25.4 Å². The molecule has 1 N–H and O–H groups in total. The van der Waals surface area contributed by atoms with E-state index in [2.05, 4.69) is 16.9 Å². The summed E-state index contributed by atoms with van der Waals surface area (Å²) < 4.78 is 1.73. The smallest absolute Gasteiger partial charge is 0.356 e. The van der Waals surface area contributed by atoms with Gasteiger partial charge in [0.25, 0.3) is 0 Å². The molecule has 2 aromatic rings. The fraction of sp³-hybridized carbons (Fsp3) is 0.364. The quantitative estimate of drug-likeness (QED) is 0.833. The van der Waals surface area contributed by atoms with E-state index in [1.807, 2.05) is 13.8 Å². The second-order valence-corrected chi connectivity index (χ2v) is 3.72. The molecular weight excluding hydrogens is 206 g/mol. The molecule has 0 unspecified atom stereocenters. The highest BCUT2D eigenvalue weighted by molar-refractivity contribution is 5.85. The molecule has 0 aliphatic heterocycles. The minimum Gasteiger partial charge on any atom is -0.476 e. The van der Waals surface area contributed by atoms with Crippen LogP contribution < -0.4 is 0 Å². The number of nitrogens with zero attached hydrogens (tertiary/aromatic N) is 3. The Morgan fingerprint density at radius 2 is 2.12 bits per heavy atom. The Morgan fingerprint density at radius 1 is 1.44 bits per heavy atom. The highest BCUT2D eigenvalue weighted by Gasteiger charge is 2.13. The van der Waals surface area contributed by atoms with Crippen LogP contribution in [0, 0.1) is 13.8 Å². The molecule has 0 spiro atoms. The summed E-state index contributed by atoms with van der Waals surface area (Å²) in [6.07, 6.45) is 2.39. The molecular formula is C11H13N3O2. The number of aromatic carboxylic acids is 1. The normalized spacial score (nSPS) is 10.9. The molecule has 0 aliphatic carbocycles. The molecule has 0 aromatic carbocycles. The zero-order valence-electron chi connectivity index (χ0n) is 9.48. The molecule has 0 radical (unpaired) electrons. The number of carbonyl (C=O) groups is 1. The summed E-state index contributed by atoms with van der Waals surface area (Å²) in [7, 11) is 0. The molecule has 2 rings (SSSR count). The lowest BCUT2D eigenvalue weighted by molar-refractivity contribution is 0.0691. The van der Waals surface area contributed by atoms with Gasteiger partial charge in [-0.15, -0.1) is 0 Å². The van der Waals surface area contributed by atoms with E-state index in [1.54, 1.807) is 4.40 Å². The number of fused-ring (bicyclic) bond motifs is 1. The molecule has 0 saturated heterocycles. The lowest BCUT2D eigenvalue weighted by Gasteiger charge is -2.08. The Bertz CT molecular complexity index is 572. The zero-order valence-corrected chi connectivity index (χ0v) is 9.48. The average Bonchev–Trinajstić information content (AvgIpc) is 2.62. The first-order valence-electron chi connectivity index (χ1n) is 5.13. The number of imidazole rings is 1. The summed E-state index contributed by atoms with van der Waals surface area (Å²) >= 11 is 0. The van der Waals surface area contributed by atoms with Crippen molar-refractivity contribution in [1.29, 1.82) is 0 Å². The van der Waals surface area contributed by atoms with Crippen molar-refractivity contribution in [3.63, 3.8) is 0 Å². The van der Waals surface area contributed by atoms with E-state index in [-0.39, 0.29) is 5.69 Å². The average molecular weight is 219 g/mol. The summed E-state index contributed by atoms with van der Waals surface area (Å²) in [5.41, 5.74) is 3.09. The van der Waals surface area contributed by atoms with Gasteiger partial charge >= 0.3 is 5.97 Å². The van der Waals surface area contributed by atoms with Crippen molar-refractivity contribution < 1.29 is 9.90 Å². The Morgan fingerprint density at radius 3 is 2.69 bits per heavy atom. The standard InChI is InChI=1S/C11H13N3O2/c1-4-8-6(2)12-11-13-9(10(15)16)5-14(11)7(8)3/h5H,4H2,1-3H3,(H,15,16). The van der Waals surface area contributed by atoms with Gasteiger partial charge in [-0.25, -0.2) is 14.8 Å². The predicted molar refractivity (Wildman–Crippen MR) is 58.8 cm³/mol.